The second kappa shape index (κ2) is 5.94. The van der Waals surface area contributed by atoms with Crippen LogP contribution in [-0.2, 0) is 0 Å². The van der Waals surface area contributed by atoms with Gasteiger partial charge in [0, 0.05) is 10.5 Å². The minimum atomic E-state index is -0.539. The number of hydrogen-bond donors (Lipinski definition) is 1. The Hall–Kier alpha value is -1.45. The molecule has 3 heteroatoms. The van der Waals surface area contributed by atoms with Crippen LogP contribution >= 0.6 is 11.8 Å². The molecule has 0 aliphatic carbocycles. The molecular weight excluding hydrogens is 244 g/mol. The van der Waals surface area contributed by atoms with Crippen LogP contribution in [0, 0.1) is 0 Å². The first kappa shape index (κ1) is 13.0. The van der Waals surface area contributed by atoms with Gasteiger partial charge in [-0.15, -0.1) is 11.8 Å². The standard InChI is InChI=1S/C15H16O2S/c1-11(16)12-7-3-4-8-13(12)17-14-9-5-6-10-15(14)18-2/h3-11,16H,1-2H3. The molecule has 0 radical (unpaired) electrons. The van der Waals surface area contributed by atoms with Crippen molar-refractivity contribution in [2.24, 2.45) is 0 Å². The van der Waals surface area contributed by atoms with Gasteiger partial charge in [0.2, 0.25) is 0 Å². The maximum Gasteiger partial charge on any atom is 0.140 e. The summed E-state index contributed by atoms with van der Waals surface area (Å²) in [6.07, 6.45) is 1.48. The molecule has 2 aromatic carbocycles. The number of thioether (sulfide) groups is 1. The van der Waals surface area contributed by atoms with Crippen molar-refractivity contribution in [3.05, 3.63) is 54.1 Å². The van der Waals surface area contributed by atoms with Gasteiger partial charge in [0.15, 0.2) is 0 Å². The lowest BCUT2D eigenvalue weighted by atomic mass is 10.1. The largest absolute Gasteiger partial charge is 0.456 e. The Morgan fingerprint density at radius 1 is 1.00 bits per heavy atom. The molecule has 1 unspecified atom stereocenters. The number of benzene rings is 2. The molecule has 1 atom stereocenters. The van der Waals surface area contributed by atoms with E-state index in [9.17, 15) is 5.11 Å². The van der Waals surface area contributed by atoms with Gasteiger partial charge >= 0.3 is 0 Å². The second-order valence-electron chi connectivity index (χ2n) is 3.97. The highest BCUT2D eigenvalue weighted by molar-refractivity contribution is 7.98. The minimum absolute atomic E-state index is 0.539. The van der Waals surface area contributed by atoms with E-state index in [0.717, 1.165) is 16.2 Å². The third-order valence-electron chi connectivity index (χ3n) is 2.66. The smallest absolute Gasteiger partial charge is 0.140 e. The summed E-state index contributed by atoms with van der Waals surface area (Å²) in [4.78, 5) is 1.08. The highest BCUT2D eigenvalue weighted by Crippen LogP contribution is 2.34. The Morgan fingerprint density at radius 2 is 1.61 bits per heavy atom. The van der Waals surface area contributed by atoms with E-state index in [1.807, 2.05) is 54.8 Å². The van der Waals surface area contributed by atoms with Crippen molar-refractivity contribution in [3.63, 3.8) is 0 Å². The van der Waals surface area contributed by atoms with Crippen molar-refractivity contribution >= 4 is 11.8 Å². The van der Waals surface area contributed by atoms with Crippen LogP contribution in [0.4, 0.5) is 0 Å². The van der Waals surface area contributed by atoms with Crippen LogP contribution in [0.2, 0.25) is 0 Å². The Morgan fingerprint density at radius 3 is 2.28 bits per heavy atom. The van der Waals surface area contributed by atoms with Gasteiger partial charge in [-0.1, -0.05) is 30.3 Å². The Bertz CT molecular complexity index is 523. The van der Waals surface area contributed by atoms with Crippen LogP contribution in [0.5, 0.6) is 11.5 Å². The molecule has 2 rings (SSSR count). The first-order valence-electron chi connectivity index (χ1n) is 5.80. The molecule has 0 amide bonds. The van der Waals surface area contributed by atoms with Crippen LogP contribution in [0.1, 0.15) is 18.6 Å². The van der Waals surface area contributed by atoms with Gasteiger partial charge in [0.1, 0.15) is 11.5 Å². The van der Waals surface area contributed by atoms with Crippen molar-refractivity contribution in [2.45, 2.75) is 17.9 Å². The topological polar surface area (TPSA) is 29.5 Å². The number of aliphatic hydroxyl groups excluding tert-OH is 1. The monoisotopic (exact) mass is 260 g/mol. The maximum absolute atomic E-state index is 9.72. The van der Waals surface area contributed by atoms with Crippen molar-refractivity contribution in [1.29, 1.82) is 0 Å². The second-order valence-corrected chi connectivity index (χ2v) is 4.81. The van der Waals surface area contributed by atoms with Gasteiger partial charge in [-0.3, -0.25) is 0 Å². The Labute approximate surface area is 112 Å². The molecule has 0 saturated heterocycles. The van der Waals surface area contributed by atoms with Crippen molar-refractivity contribution in [2.75, 3.05) is 6.26 Å². The van der Waals surface area contributed by atoms with Crippen LogP contribution in [-0.4, -0.2) is 11.4 Å². The quantitative estimate of drug-likeness (QED) is 0.833. The van der Waals surface area contributed by atoms with E-state index in [1.165, 1.54) is 0 Å². The highest BCUT2D eigenvalue weighted by Gasteiger charge is 2.10. The van der Waals surface area contributed by atoms with Crippen LogP contribution < -0.4 is 4.74 Å². The summed E-state index contributed by atoms with van der Waals surface area (Å²) in [6, 6.07) is 15.4. The van der Waals surface area contributed by atoms with Crippen LogP contribution in [0.25, 0.3) is 0 Å². The summed E-state index contributed by atoms with van der Waals surface area (Å²) in [7, 11) is 0. The minimum Gasteiger partial charge on any atom is -0.456 e. The lowest BCUT2D eigenvalue weighted by molar-refractivity contribution is 0.195. The average molecular weight is 260 g/mol. The fraction of sp³-hybridized carbons (Fsp3) is 0.200. The molecule has 94 valence electrons. The summed E-state index contributed by atoms with van der Waals surface area (Å²) >= 11 is 1.64. The molecule has 0 fully saturated rings. The first-order valence-corrected chi connectivity index (χ1v) is 7.02. The molecule has 2 aromatic rings. The molecule has 0 saturated carbocycles. The molecule has 2 nitrogen and oxygen atoms in total. The number of ether oxygens (including phenoxy) is 1. The zero-order chi connectivity index (χ0) is 13.0. The third-order valence-corrected chi connectivity index (χ3v) is 3.44. The fourth-order valence-corrected chi connectivity index (χ4v) is 2.27. The summed E-state index contributed by atoms with van der Waals surface area (Å²) in [5.74, 6) is 1.52. The number of para-hydroxylation sites is 2. The fourth-order valence-electron chi connectivity index (χ4n) is 1.74. The number of rotatable bonds is 4. The van der Waals surface area contributed by atoms with Crippen molar-refractivity contribution in [3.8, 4) is 11.5 Å². The Kier molecular flexibility index (Phi) is 4.28. The molecule has 1 N–H and O–H groups in total. The highest BCUT2D eigenvalue weighted by atomic mass is 32.2. The lowest BCUT2D eigenvalue weighted by Crippen LogP contribution is -1.96. The summed E-state index contributed by atoms with van der Waals surface area (Å²) in [5, 5.41) is 9.72. The zero-order valence-electron chi connectivity index (χ0n) is 10.5. The summed E-state index contributed by atoms with van der Waals surface area (Å²) in [5.41, 5.74) is 0.799. The molecule has 0 aliphatic heterocycles. The first-order chi connectivity index (χ1) is 8.72. The van der Waals surface area contributed by atoms with E-state index in [2.05, 4.69) is 0 Å². The van der Waals surface area contributed by atoms with Crippen molar-refractivity contribution in [1.82, 2.24) is 0 Å². The van der Waals surface area contributed by atoms with E-state index in [-0.39, 0.29) is 0 Å². The lowest BCUT2D eigenvalue weighted by Gasteiger charge is -2.14. The zero-order valence-corrected chi connectivity index (χ0v) is 11.3. The SMILES string of the molecule is CSc1ccccc1Oc1ccccc1C(C)O. The Balaban J connectivity index is 2.34. The van der Waals surface area contributed by atoms with Crippen LogP contribution in [0.3, 0.4) is 0 Å². The van der Waals surface area contributed by atoms with E-state index < -0.39 is 6.10 Å². The van der Waals surface area contributed by atoms with Gasteiger partial charge in [0.05, 0.1) is 6.10 Å². The van der Waals surface area contributed by atoms with Gasteiger partial charge in [-0.25, -0.2) is 0 Å². The average Bonchev–Trinajstić information content (AvgIpc) is 2.40. The summed E-state index contributed by atoms with van der Waals surface area (Å²) < 4.78 is 5.91. The number of aliphatic hydroxyl groups is 1. The number of hydrogen-bond acceptors (Lipinski definition) is 3. The van der Waals surface area contributed by atoms with Gasteiger partial charge in [-0.2, -0.15) is 0 Å². The normalized spacial score (nSPS) is 12.2. The molecule has 0 heterocycles. The third kappa shape index (κ3) is 2.86. The van der Waals surface area contributed by atoms with Gasteiger partial charge < -0.3 is 9.84 Å². The predicted octanol–water partition coefficient (Wildman–Crippen LogP) is 4.25. The van der Waals surface area contributed by atoms with E-state index in [1.54, 1.807) is 18.7 Å². The maximum atomic E-state index is 9.72. The molecule has 0 aromatic heterocycles. The van der Waals surface area contributed by atoms with E-state index >= 15 is 0 Å². The molecule has 0 spiro atoms. The van der Waals surface area contributed by atoms with E-state index in [4.69, 9.17) is 4.74 Å². The van der Waals surface area contributed by atoms with Crippen LogP contribution in [0.15, 0.2) is 53.4 Å². The predicted molar refractivity (Wildman–Crippen MR) is 75.4 cm³/mol. The van der Waals surface area contributed by atoms with Gasteiger partial charge in [-0.05, 0) is 31.4 Å². The molecule has 0 bridgehead atoms. The van der Waals surface area contributed by atoms with E-state index in [0.29, 0.717) is 5.75 Å². The van der Waals surface area contributed by atoms with Crippen molar-refractivity contribution < 1.29 is 9.84 Å². The van der Waals surface area contributed by atoms with Gasteiger partial charge in [0.25, 0.3) is 0 Å². The molecule has 0 aliphatic rings. The molecular formula is C15H16O2S. The molecule has 18 heavy (non-hydrogen) atoms. The summed E-state index contributed by atoms with van der Waals surface area (Å²) in [6.45, 7) is 1.74.